The Morgan fingerprint density at radius 2 is 2.33 bits per heavy atom. The predicted molar refractivity (Wildman–Crippen MR) is 77.2 cm³/mol. The van der Waals surface area contributed by atoms with Crippen molar-refractivity contribution < 1.29 is 0 Å². The fourth-order valence-electron chi connectivity index (χ4n) is 1.56. The number of nitrogens with zero attached hydrogens (tertiary/aromatic N) is 2. The molecule has 0 aliphatic rings. The SMILES string of the molecule is CCC(N)Cc1cccnc1Sc1nc(C)cs1. The Morgan fingerprint density at radius 1 is 1.50 bits per heavy atom. The van der Waals surface area contributed by atoms with Crippen molar-refractivity contribution in [3.8, 4) is 0 Å². The molecule has 0 aromatic carbocycles. The molecule has 96 valence electrons. The maximum Gasteiger partial charge on any atom is 0.156 e. The van der Waals surface area contributed by atoms with Crippen molar-refractivity contribution in [2.75, 3.05) is 0 Å². The maximum atomic E-state index is 6.02. The zero-order chi connectivity index (χ0) is 13.0. The summed E-state index contributed by atoms with van der Waals surface area (Å²) in [5.74, 6) is 0. The highest BCUT2D eigenvalue weighted by molar-refractivity contribution is 8.01. The third-order valence-corrected chi connectivity index (χ3v) is 4.76. The molecule has 0 aliphatic carbocycles. The minimum absolute atomic E-state index is 0.201. The number of nitrogens with two attached hydrogens (primary N) is 1. The number of pyridine rings is 1. The molecule has 0 saturated heterocycles. The van der Waals surface area contributed by atoms with E-state index in [1.807, 2.05) is 19.2 Å². The van der Waals surface area contributed by atoms with E-state index in [0.717, 1.165) is 27.9 Å². The second-order valence-electron chi connectivity index (χ2n) is 4.20. The van der Waals surface area contributed by atoms with Gasteiger partial charge < -0.3 is 5.73 Å². The monoisotopic (exact) mass is 279 g/mol. The second-order valence-corrected chi connectivity index (χ2v) is 6.29. The molecule has 0 aliphatic heterocycles. The third kappa shape index (κ3) is 3.54. The molecule has 2 N–H and O–H groups in total. The van der Waals surface area contributed by atoms with Gasteiger partial charge in [-0.05, 0) is 43.2 Å². The molecule has 0 saturated carbocycles. The molecular weight excluding hydrogens is 262 g/mol. The van der Waals surface area contributed by atoms with Crippen molar-refractivity contribution in [2.24, 2.45) is 5.73 Å². The molecule has 0 spiro atoms. The summed E-state index contributed by atoms with van der Waals surface area (Å²) in [4.78, 5) is 8.90. The summed E-state index contributed by atoms with van der Waals surface area (Å²) in [7, 11) is 0. The lowest BCUT2D eigenvalue weighted by Gasteiger charge is -2.11. The van der Waals surface area contributed by atoms with Crippen molar-refractivity contribution in [1.29, 1.82) is 0 Å². The van der Waals surface area contributed by atoms with Gasteiger partial charge in [0.25, 0.3) is 0 Å². The van der Waals surface area contributed by atoms with Crippen LogP contribution in [0.1, 0.15) is 24.6 Å². The van der Waals surface area contributed by atoms with Crippen LogP contribution in [0.5, 0.6) is 0 Å². The van der Waals surface area contributed by atoms with Crippen LogP contribution < -0.4 is 5.73 Å². The summed E-state index contributed by atoms with van der Waals surface area (Å²) in [5, 5.41) is 3.08. The molecule has 0 amide bonds. The zero-order valence-electron chi connectivity index (χ0n) is 10.6. The van der Waals surface area contributed by atoms with Crippen LogP contribution in [0.3, 0.4) is 0 Å². The Labute approximate surface area is 116 Å². The fraction of sp³-hybridized carbons (Fsp3) is 0.385. The van der Waals surface area contributed by atoms with Crippen molar-refractivity contribution in [1.82, 2.24) is 9.97 Å². The zero-order valence-corrected chi connectivity index (χ0v) is 12.2. The Balaban J connectivity index is 2.16. The van der Waals surface area contributed by atoms with Crippen LogP contribution >= 0.6 is 23.1 Å². The third-order valence-electron chi connectivity index (χ3n) is 2.64. The van der Waals surface area contributed by atoms with Crippen molar-refractivity contribution in [3.05, 3.63) is 35.0 Å². The predicted octanol–water partition coefficient (Wildman–Crippen LogP) is 3.28. The Morgan fingerprint density at radius 3 is 3.00 bits per heavy atom. The van der Waals surface area contributed by atoms with E-state index in [1.54, 1.807) is 23.1 Å². The van der Waals surface area contributed by atoms with Gasteiger partial charge in [-0.1, -0.05) is 13.0 Å². The van der Waals surface area contributed by atoms with Gasteiger partial charge in [-0.2, -0.15) is 0 Å². The normalized spacial score (nSPS) is 12.6. The van der Waals surface area contributed by atoms with Gasteiger partial charge in [-0.15, -0.1) is 11.3 Å². The Bertz CT molecular complexity index is 510. The number of aromatic nitrogens is 2. The summed E-state index contributed by atoms with van der Waals surface area (Å²) >= 11 is 3.29. The summed E-state index contributed by atoms with van der Waals surface area (Å²) < 4.78 is 1.04. The van der Waals surface area contributed by atoms with E-state index in [2.05, 4.69) is 28.3 Å². The van der Waals surface area contributed by atoms with Gasteiger partial charge in [0.05, 0.1) is 0 Å². The number of rotatable bonds is 5. The number of hydrogen-bond donors (Lipinski definition) is 1. The van der Waals surface area contributed by atoms with Gasteiger partial charge in [0, 0.05) is 23.3 Å². The maximum absolute atomic E-state index is 6.02. The van der Waals surface area contributed by atoms with Crippen LogP contribution in [-0.2, 0) is 6.42 Å². The largest absolute Gasteiger partial charge is 0.327 e. The van der Waals surface area contributed by atoms with E-state index in [9.17, 15) is 0 Å². The van der Waals surface area contributed by atoms with E-state index >= 15 is 0 Å². The molecule has 0 radical (unpaired) electrons. The lowest BCUT2D eigenvalue weighted by molar-refractivity contribution is 0.637. The van der Waals surface area contributed by atoms with Gasteiger partial charge in [-0.3, -0.25) is 0 Å². The Hall–Kier alpha value is -0.910. The summed E-state index contributed by atoms with van der Waals surface area (Å²) in [5.41, 5.74) is 8.29. The standard InChI is InChI=1S/C13H17N3S2/c1-3-11(14)7-10-5-4-6-15-12(10)18-13-16-9(2)8-17-13/h4-6,8,11H,3,7,14H2,1-2H3. The summed E-state index contributed by atoms with van der Waals surface area (Å²) in [6.45, 7) is 4.12. The van der Waals surface area contributed by atoms with E-state index in [1.165, 1.54) is 5.56 Å². The molecule has 18 heavy (non-hydrogen) atoms. The van der Waals surface area contributed by atoms with Crippen LogP contribution in [0.2, 0.25) is 0 Å². The minimum atomic E-state index is 0.201. The van der Waals surface area contributed by atoms with Crippen LogP contribution in [-0.4, -0.2) is 16.0 Å². The molecule has 2 heterocycles. The average molecular weight is 279 g/mol. The highest BCUT2D eigenvalue weighted by Crippen LogP contribution is 2.31. The van der Waals surface area contributed by atoms with Crippen LogP contribution in [0.4, 0.5) is 0 Å². The highest BCUT2D eigenvalue weighted by Gasteiger charge is 2.10. The van der Waals surface area contributed by atoms with Crippen LogP contribution in [0, 0.1) is 6.92 Å². The number of thiazole rings is 1. The molecule has 3 nitrogen and oxygen atoms in total. The van der Waals surface area contributed by atoms with E-state index in [0.29, 0.717) is 0 Å². The second kappa shape index (κ2) is 6.31. The molecule has 5 heteroatoms. The van der Waals surface area contributed by atoms with Gasteiger partial charge in [0.15, 0.2) is 4.34 Å². The molecule has 2 aromatic heterocycles. The first kappa shape index (κ1) is 13.5. The molecular formula is C13H17N3S2. The molecule has 0 fully saturated rings. The number of hydrogen-bond acceptors (Lipinski definition) is 5. The summed E-state index contributed by atoms with van der Waals surface area (Å²) in [6, 6.07) is 4.27. The first-order chi connectivity index (χ1) is 8.69. The number of aryl methyl sites for hydroxylation is 1. The lowest BCUT2D eigenvalue weighted by Crippen LogP contribution is -2.21. The van der Waals surface area contributed by atoms with Crippen molar-refractivity contribution >= 4 is 23.1 Å². The molecule has 0 bridgehead atoms. The molecule has 2 aromatic rings. The van der Waals surface area contributed by atoms with Crippen LogP contribution in [0.15, 0.2) is 33.1 Å². The van der Waals surface area contributed by atoms with Gasteiger partial charge >= 0.3 is 0 Å². The first-order valence-electron chi connectivity index (χ1n) is 5.98. The highest BCUT2D eigenvalue weighted by atomic mass is 32.2. The Kier molecular flexibility index (Phi) is 4.74. The molecule has 1 atom stereocenters. The first-order valence-corrected chi connectivity index (χ1v) is 7.68. The molecule has 2 rings (SSSR count). The van der Waals surface area contributed by atoms with E-state index in [-0.39, 0.29) is 6.04 Å². The minimum Gasteiger partial charge on any atom is -0.327 e. The quantitative estimate of drug-likeness (QED) is 0.912. The molecule has 1 unspecified atom stereocenters. The van der Waals surface area contributed by atoms with Gasteiger partial charge in [0.1, 0.15) is 5.03 Å². The fourth-order valence-corrected chi connectivity index (χ4v) is 3.41. The van der Waals surface area contributed by atoms with Crippen molar-refractivity contribution in [2.45, 2.75) is 42.1 Å². The van der Waals surface area contributed by atoms with Gasteiger partial charge in [-0.25, -0.2) is 9.97 Å². The van der Waals surface area contributed by atoms with Gasteiger partial charge in [0.2, 0.25) is 0 Å². The average Bonchev–Trinajstić information content (AvgIpc) is 2.77. The van der Waals surface area contributed by atoms with Crippen molar-refractivity contribution in [3.63, 3.8) is 0 Å². The topological polar surface area (TPSA) is 51.8 Å². The lowest BCUT2D eigenvalue weighted by atomic mass is 10.1. The smallest absolute Gasteiger partial charge is 0.156 e. The summed E-state index contributed by atoms with van der Waals surface area (Å²) in [6.07, 6.45) is 3.68. The van der Waals surface area contributed by atoms with Crippen LogP contribution in [0.25, 0.3) is 0 Å². The van der Waals surface area contributed by atoms with E-state index < -0.39 is 0 Å². The van der Waals surface area contributed by atoms with E-state index in [4.69, 9.17) is 5.73 Å².